The van der Waals surface area contributed by atoms with Crippen molar-refractivity contribution in [3.05, 3.63) is 52.9 Å². The summed E-state index contributed by atoms with van der Waals surface area (Å²) in [5.74, 6) is 0.227. The summed E-state index contributed by atoms with van der Waals surface area (Å²) in [5.41, 5.74) is 1.74. The van der Waals surface area contributed by atoms with Crippen molar-refractivity contribution in [2.24, 2.45) is 7.05 Å². The number of fused-ring (bicyclic) bond motifs is 1. The van der Waals surface area contributed by atoms with Crippen LogP contribution in [0.15, 0.2) is 50.2 Å². The number of hydrogen-bond acceptors (Lipinski definition) is 4. The molecule has 0 atom stereocenters. The zero-order valence-electron chi connectivity index (χ0n) is 11.5. The van der Waals surface area contributed by atoms with Gasteiger partial charge in [-0.1, -0.05) is 0 Å². The van der Waals surface area contributed by atoms with E-state index in [0.29, 0.717) is 29.6 Å². The van der Waals surface area contributed by atoms with Gasteiger partial charge in [-0.25, -0.2) is 4.79 Å². The highest BCUT2D eigenvalue weighted by molar-refractivity contribution is 5.92. The van der Waals surface area contributed by atoms with Gasteiger partial charge in [0.15, 0.2) is 5.58 Å². The second kappa shape index (κ2) is 5.32. The average Bonchev–Trinajstić information content (AvgIpc) is 3.06. The summed E-state index contributed by atoms with van der Waals surface area (Å²) < 4.78 is 11.7. The lowest BCUT2D eigenvalue weighted by atomic mass is 10.2. The molecule has 3 aromatic rings. The maximum Gasteiger partial charge on any atom is 0.419 e. The Labute approximate surface area is 120 Å². The minimum atomic E-state index is -0.425. The van der Waals surface area contributed by atoms with E-state index in [9.17, 15) is 9.59 Å². The fraction of sp³-hybridized carbons (Fsp3) is 0.200. The number of furan rings is 1. The quantitative estimate of drug-likeness (QED) is 0.798. The van der Waals surface area contributed by atoms with Gasteiger partial charge in [0.25, 0.3) is 0 Å². The van der Waals surface area contributed by atoms with E-state index in [4.69, 9.17) is 8.83 Å². The van der Waals surface area contributed by atoms with Crippen molar-refractivity contribution in [3.63, 3.8) is 0 Å². The number of oxazole rings is 1. The van der Waals surface area contributed by atoms with Crippen LogP contribution in [-0.2, 0) is 18.3 Å². The molecule has 1 amide bonds. The number of rotatable bonds is 4. The molecule has 0 bridgehead atoms. The molecule has 0 aliphatic heterocycles. The second-order valence-electron chi connectivity index (χ2n) is 4.74. The first-order valence-electron chi connectivity index (χ1n) is 6.55. The molecular formula is C15H14N2O4. The van der Waals surface area contributed by atoms with E-state index in [1.54, 1.807) is 37.6 Å². The van der Waals surface area contributed by atoms with Gasteiger partial charge in [0.05, 0.1) is 11.8 Å². The van der Waals surface area contributed by atoms with E-state index in [1.165, 1.54) is 4.57 Å². The van der Waals surface area contributed by atoms with E-state index in [2.05, 4.69) is 5.32 Å². The Bertz CT molecular complexity index is 827. The predicted molar refractivity (Wildman–Crippen MR) is 77.1 cm³/mol. The van der Waals surface area contributed by atoms with Crippen LogP contribution in [0, 0.1) is 0 Å². The number of nitrogens with one attached hydrogen (secondary N) is 1. The smallest absolute Gasteiger partial charge is 0.419 e. The molecular weight excluding hydrogens is 272 g/mol. The van der Waals surface area contributed by atoms with Gasteiger partial charge in [0.1, 0.15) is 5.76 Å². The third-order valence-corrected chi connectivity index (χ3v) is 3.25. The van der Waals surface area contributed by atoms with Crippen LogP contribution < -0.4 is 11.1 Å². The van der Waals surface area contributed by atoms with Gasteiger partial charge >= 0.3 is 5.76 Å². The van der Waals surface area contributed by atoms with Crippen LogP contribution in [0.25, 0.3) is 11.1 Å². The Balaban J connectivity index is 1.69. The largest absolute Gasteiger partial charge is 0.469 e. The van der Waals surface area contributed by atoms with Gasteiger partial charge in [0.2, 0.25) is 5.91 Å². The third-order valence-electron chi connectivity index (χ3n) is 3.25. The van der Waals surface area contributed by atoms with Crippen LogP contribution in [0.2, 0.25) is 0 Å². The van der Waals surface area contributed by atoms with Crippen molar-refractivity contribution in [1.82, 2.24) is 4.57 Å². The van der Waals surface area contributed by atoms with Crippen LogP contribution in [0.3, 0.4) is 0 Å². The molecule has 0 unspecified atom stereocenters. The van der Waals surface area contributed by atoms with Crippen molar-refractivity contribution in [1.29, 1.82) is 0 Å². The summed E-state index contributed by atoms with van der Waals surface area (Å²) in [7, 11) is 1.63. The molecule has 0 aliphatic carbocycles. The van der Waals surface area contributed by atoms with Gasteiger partial charge in [0, 0.05) is 31.6 Å². The van der Waals surface area contributed by atoms with E-state index in [0.717, 1.165) is 5.76 Å². The third kappa shape index (κ3) is 2.74. The summed E-state index contributed by atoms with van der Waals surface area (Å²) in [6.07, 6.45) is 2.45. The van der Waals surface area contributed by atoms with Crippen molar-refractivity contribution in [2.45, 2.75) is 12.8 Å². The molecule has 1 N–H and O–H groups in total. The van der Waals surface area contributed by atoms with Crippen molar-refractivity contribution >= 4 is 22.7 Å². The lowest BCUT2D eigenvalue weighted by Gasteiger charge is -2.04. The molecule has 6 heteroatoms. The molecule has 1 aromatic carbocycles. The Morgan fingerprint density at radius 3 is 2.95 bits per heavy atom. The van der Waals surface area contributed by atoms with E-state index < -0.39 is 5.76 Å². The maximum absolute atomic E-state index is 11.9. The van der Waals surface area contributed by atoms with Gasteiger partial charge < -0.3 is 14.2 Å². The van der Waals surface area contributed by atoms with Crippen LogP contribution in [0.4, 0.5) is 5.69 Å². The van der Waals surface area contributed by atoms with Crippen LogP contribution in [-0.4, -0.2) is 10.5 Å². The van der Waals surface area contributed by atoms with Gasteiger partial charge in [-0.2, -0.15) is 0 Å². The predicted octanol–water partition coefficient (Wildman–Crippen LogP) is 2.30. The average molecular weight is 286 g/mol. The molecule has 0 fully saturated rings. The second-order valence-corrected chi connectivity index (χ2v) is 4.74. The first-order chi connectivity index (χ1) is 10.1. The fourth-order valence-corrected chi connectivity index (χ4v) is 2.13. The first-order valence-corrected chi connectivity index (χ1v) is 6.55. The highest BCUT2D eigenvalue weighted by Gasteiger charge is 2.09. The molecule has 2 heterocycles. The normalized spacial score (nSPS) is 10.9. The number of nitrogens with zero attached hydrogens (tertiary/aromatic N) is 1. The Kier molecular flexibility index (Phi) is 3.35. The molecule has 3 rings (SSSR count). The molecule has 6 nitrogen and oxygen atoms in total. The number of aromatic nitrogens is 1. The highest BCUT2D eigenvalue weighted by atomic mass is 16.4. The van der Waals surface area contributed by atoms with Crippen LogP contribution in [0.1, 0.15) is 12.2 Å². The minimum Gasteiger partial charge on any atom is -0.469 e. The van der Waals surface area contributed by atoms with Crippen molar-refractivity contribution in [2.75, 3.05) is 5.32 Å². The topological polar surface area (TPSA) is 77.4 Å². The first kappa shape index (κ1) is 13.2. The van der Waals surface area contributed by atoms with E-state index in [-0.39, 0.29) is 5.91 Å². The molecule has 0 saturated carbocycles. The van der Waals surface area contributed by atoms with Crippen molar-refractivity contribution in [3.8, 4) is 0 Å². The molecule has 21 heavy (non-hydrogen) atoms. The lowest BCUT2D eigenvalue weighted by molar-refractivity contribution is -0.116. The number of carbonyl (C=O) groups excluding carboxylic acids is 1. The fourth-order valence-electron chi connectivity index (χ4n) is 2.13. The number of amides is 1. The zero-order valence-corrected chi connectivity index (χ0v) is 11.5. The lowest BCUT2D eigenvalue weighted by Crippen LogP contribution is -2.12. The SMILES string of the molecule is Cn1c(=O)oc2cc(NC(=O)CCc3ccco3)ccc21. The molecule has 0 radical (unpaired) electrons. The number of carbonyl (C=O) groups is 1. The monoisotopic (exact) mass is 286 g/mol. The molecule has 0 spiro atoms. The Morgan fingerprint density at radius 1 is 1.33 bits per heavy atom. The summed E-state index contributed by atoms with van der Waals surface area (Å²) in [6, 6.07) is 8.74. The summed E-state index contributed by atoms with van der Waals surface area (Å²) in [6.45, 7) is 0. The maximum atomic E-state index is 11.9. The summed E-state index contributed by atoms with van der Waals surface area (Å²) >= 11 is 0. The zero-order chi connectivity index (χ0) is 14.8. The summed E-state index contributed by atoms with van der Waals surface area (Å²) in [5, 5.41) is 2.77. The van der Waals surface area contributed by atoms with Gasteiger partial charge in [-0.3, -0.25) is 9.36 Å². The summed E-state index contributed by atoms with van der Waals surface area (Å²) in [4.78, 5) is 23.3. The Morgan fingerprint density at radius 2 is 2.19 bits per heavy atom. The van der Waals surface area contributed by atoms with Gasteiger partial charge in [-0.15, -0.1) is 0 Å². The molecule has 108 valence electrons. The molecule has 0 saturated heterocycles. The highest BCUT2D eigenvalue weighted by Crippen LogP contribution is 2.18. The van der Waals surface area contributed by atoms with E-state index in [1.807, 2.05) is 6.07 Å². The van der Waals surface area contributed by atoms with Crippen LogP contribution >= 0.6 is 0 Å². The number of hydrogen-bond donors (Lipinski definition) is 1. The van der Waals surface area contributed by atoms with Gasteiger partial charge in [-0.05, 0) is 24.3 Å². The standard InChI is InChI=1S/C15H14N2O4/c1-17-12-6-4-10(9-13(12)21-15(17)19)16-14(18)7-5-11-3-2-8-20-11/h2-4,6,8-9H,5,7H2,1H3,(H,16,18). The van der Waals surface area contributed by atoms with E-state index >= 15 is 0 Å². The van der Waals surface area contributed by atoms with Crippen LogP contribution in [0.5, 0.6) is 0 Å². The molecule has 2 aromatic heterocycles. The number of benzene rings is 1. The number of anilines is 1. The Hall–Kier alpha value is -2.76. The molecule has 0 aliphatic rings. The number of aryl methyl sites for hydroxylation is 2. The van der Waals surface area contributed by atoms with Crippen molar-refractivity contribution < 1.29 is 13.6 Å². The minimum absolute atomic E-state index is 0.121.